The molecule has 1 aliphatic rings. The minimum atomic E-state index is -0.299. The molecule has 5 nitrogen and oxygen atoms in total. The second-order valence-electron chi connectivity index (χ2n) is 4.16. The quantitative estimate of drug-likeness (QED) is 0.910. The van der Waals surface area contributed by atoms with Crippen LogP contribution in [0.25, 0.3) is 0 Å². The summed E-state index contributed by atoms with van der Waals surface area (Å²) >= 11 is 7.34. The van der Waals surface area contributed by atoms with Crippen molar-refractivity contribution in [3.63, 3.8) is 0 Å². The van der Waals surface area contributed by atoms with Crippen LogP contribution in [-0.4, -0.2) is 48.4 Å². The average molecular weight is 288 g/mol. The van der Waals surface area contributed by atoms with E-state index in [1.54, 1.807) is 0 Å². The van der Waals surface area contributed by atoms with E-state index >= 15 is 0 Å². The van der Waals surface area contributed by atoms with Crippen molar-refractivity contribution in [1.82, 2.24) is 15.1 Å². The number of rotatable bonds is 4. The number of halogens is 1. The summed E-state index contributed by atoms with van der Waals surface area (Å²) < 4.78 is 0.739. The third-order valence-corrected chi connectivity index (χ3v) is 3.83. The molecule has 1 aliphatic heterocycles. The molecule has 98 valence electrons. The molecule has 7 heteroatoms. The van der Waals surface area contributed by atoms with Gasteiger partial charge in [0.25, 0.3) is 0 Å². The van der Waals surface area contributed by atoms with E-state index in [1.807, 2.05) is 24.1 Å². The van der Waals surface area contributed by atoms with Crippen molar-refractivity contribution in [3.8, 4) is 0 Å². The SMILES string of the molecule is CN(CC(=O)N1CCNC1=O)Cc1ccc(Cl)s1. The van der Waals surface area contributed by atoms with Crippen LogP contribution in [0.15, 0.2) is 12.1 Å². The lowest BCUT2D eigenvalue weighted by Gasteiger charge is -2.18. The Morgan fingerprint density at radius 2 is 2.39 bits per heavy atom. The van der Waals surface area contributed by atoms with E-state index in [1.165, 1.54) is 16.2 Å². The molecule has 2 rings (SSSR count). The van der Waals surface area contributed by atoms with Gasteiger partial charge >= 0.3 is 6.03 Å². The fraction of sp³-hybridized carbons (Fsp3) is 0.455. The molecule has 0 atom stereocenters. The van der Waals surface area contributed by atoms with Crippen molar-refractivity contribution >= 4 is 34.9 Å². The zero-order chi connectivity index (χ0) is 13.1. The van der Waals surface area contributed by atoms with Crippen molar-refractivity contribution in [1.29, 1.82) is 0 Å². The van der Waals surface area contributed by atoms with Gasteiger partial charge in [-0.15, -0.1) is 11.3 Å². The molecule has 1 aromatic rings. The van der Waals surface area contributed by atoms with Crippen molar-refractivity contribution in [3.05, 3.63) is 21.3 Å². The van der Waals surface area contributed by atoms with Crippen LogP contribution in [0.5, 0.6) is 0 Å². The Labute approximate surface area is 114 Å². The van der Waals surface area contributed by atoms with Gasteiger partial charge in [0.2, 0.25) is 5.91 Å². The molecule has 0 saturated carbocycles. The fourth-order valence-corrected chi connectivity index (χ4v) is 2.95. The lowest BCUT2D eigenvalue weighted by molar-refractivity contribution is -0.128. The first kappa shape index (κ1) is 13.3. The highest BCUT2D eigenvalue weighted by Gasteiger charge is 2.26. The van der Waals surface area contributed by atoms with Gasteiger partial charge in [0.15, 0.2) is 0 Å². The first-order valence-corrected chi connectivity index (χ1v) is 6.76. The van der Waals surface area contributed by atoms with E-state index in [2.05, 4.69) is 5.32 Å². The fourth-order valence-electron chi connectivity index (χ4n) is 1.78. The van der Waals surface area contributed by atoms with Crippen LogP contribution in [0, 0.1) is 0 Å². The molecular weight excluding hydrogens is 274 g/mol. The predicted octanol–water partition coefficient (Wildman–Crippen LogP) is 1.39. The Morgan fingerprint density at radius 1 is 1.61 bits per heavy atom. The van der Waals surface area contributed by atoms with E-state index < -0.39 is 0 Å². The summed E-state index contributed by atoms with van der Waals surface area (Å²) in [5.74, 6) is -0.171. The summed E-state index contributed by atoms with van der Waals surface area (Å²) in [6, 6.07) is 3.48. The summed E-state index contributed by atoms with van der Waals surface area (Å²) in [4.78, 5) is 27.4. The van der Waals surface area contributed by atoms with Crippen molar-refractivity contribution in [2.75, 3.05) is 26.7 Å². The molecule has 18 heavy (non-hydrogen) atoms. The number of amides is 3. The Morgan fingerprint density at radius 3 is 2.94 bits per heavy atom. The molecule has 0 aromatic carbocycles. The lowest BCUT2D eigenvalue weighted by atomic mass is 10.4. The van der Waals surface area contributed by atoms with E-state index in [0.29, 0.717) is 19.6 Å². The van der Waals surface area contributed by atoms with Crippen LogP contribution in [0.1, 0.15) is 4.88 Å². The van der Waals surface area contributed by atoms with E-state index in [4.69, 9.17) is 11.6 Å². The number of carbonyl (C=O) groups is 2. The number of hydrogen-bond donors (Lipinski definition) is 1. The van der Waals surface area contributed by atoms with E-state index in [-0.39, 0.29) is 18.5 Å². The highest BCUT2D eigenvalue weighted by molar-refractivity contribution is 7.16. The molecule has 1 N–H and O–H groups in total. The smallest absolute Gasteiger partial charge is 0.324 e. The van der Waals surface area contributed by atoms with Crippen LogP contribution < -0.4 is 5.32 Å². The third-order valence-electron chi connectivity index (χ3n) is 2.62. The number of nitrogens with zero attached hydrogens (tertiary/aromatic N) is 2. The summed E-state index contributed by atoms with van der Waals surface area (Å²) in [7, 11) is 1.85. The second kappa shape index (κ2) is 5.69. The summed E-state index contributed by atoms with van der Waals surface area (Å²) in [6.07, 6.45) is 0. The maximum absolute atomic E-state index is 11.9. The van der Waals surface area contributed by atoms with Gasteiger partial charge in [0.1, 0.15) is 0 Å². The van der Waals surface area contributed by atoms with Crippen molar-refractivity contribution < 1.29 is 9.59 Å². The van der Waals surface area contributed by atoms with Gasteiger partial charge in [-0.1, -0.05) is 11.6 Å². The van der Waals surface area contributed by atoms with Gasteiger partial charge < -0.3 is 5.32 Å². The molecule has 0 radical (unpaired) electrons. The maximum Gasteiger partial charge on any atom is 0.324 e. The normalized spacial score (nSPS) is 15.3. The standard InChI is InChI=1S/C11H14ClN3O2S/c1-14(6-8-2-3-9(12)18-8)7-10(16)15-5-4-13-11(15)17/h2-3H,4-7H2,1H3,(H,13,17). The lowest BCUT2D eigenvalue weighted by Crippen LogP contribution is -2.40. The minimum absolute atomic E-state index is 0.171. The first-order valence-electron chi connectivity index (χ1n) is 5.57. The molecule has 1 saturated heterocycles. The third kappa shape index (κ3) is 3.22. The Bertz CT molecular complexity index is 463. The summed E-state index contributed by atoms with van der Waals surface area (Å²) in [5, 5.41) is 2.61. The minimum Gasteiger partial charge on any atom is -0.336 e. The zero-order valence-corrected chi connectivity index (χ0v) is 11.6. The van der Waals surface area contributed by atoms with Crippen molar-refractivity contribution in [2.24, 2.45) is 0 Å². The summed E-state index contributed by atoms with van der Waals surface area (Å²) in [6.45, 7) is 1.87. The van der Waals surface area contributed by atoms with Crippen LogP contribution in [0.2, 0.25) is 4.34 Å². The van der Waals surface area contributed by atoms with Gasteiger partial charge in [-0.2, -0.15) is 0 Å². The number of thiophene rings is 1. The highest BCUT2D eigenvalue weighted by Crippen LogP contribution is 2.22. The molecule has 0 bridgehead atoms. The van der Waals surface area contributed by atoms with Crippen LogP contribution in [0.3, 0.4) is 0 Å². The van der Waals surface area contributed by atoms with Gasteiger partial charge in [-0.3, -0.25) is 14.6 Å². The molecule has 1 aromatic heterocycles. The van der Waals surface area contributed by atoms with Crippen LogP contribution in [0.4, 0.5) is 4.79 Å². The molecule has 0 unspecified atom stereocenters. The molecule has 2 heterocycles. The van der Waals surface area contributed by atoms with Gasteiger partial charge in [-0.25, -0.2) is 4.79 Å². The maximum atomic E-state index is 11.9. The number of imide groups is 1. The number of nitrogens with one attached hydrogen (secondary N) is 1. The molecule has 0 spiro atoms. The van der Waals surface area contributed by atoms with Gasteiger partial charge in [0, 0.05) is 24.5 Å². The van der Waals surface area contributed by atoms with Crippen molar-refractivity contribution in [2.45, 2.75) is 6.54 Å². The Hall–Kier alpha value is -1.11. The monoisotopic (exact) mass is 287 g/mol. The largest absolute Gasteiger partial charge is 0.336 e. The summed E-state index contributed by atoms with van der Waals surface area (Å²) in [5.41, 5.74) is 0. The zero-order valence-electron chi connectivity index (χ0n) is 9.98. The topological polar surface area (TPSA) is 52.7 Å². The number of likely N-dealkylation sites (N-methyl/N-ethyl adjacent to an activating group) is 1. The molecule has 1 fully saturated rings. The second-order valence-corrected chi connectivity index (χ2v) is 5.96. The van der Waals surface area contributed by atoms with Gasteiger partial charge in [0.05, 0.1) is 10.9 Å². The molecular formula is C11H14ClN3O2S. The van der Waals surface area contributed by atoms with E-state index in [0.717, 1.165) is 9.21 Å². The Balaban J connectivity index is 1.85. The van der Waals surface area contributed by atoms with E-state index in [9.17, 15) is 9.59 Å². The number of hydrogen-bond acceptors (Lipinski definition) is 4. The number of urea groups is 1. The Kier molecular flexibility index (Phi) is 4.21. The van der Waals surface area contributed by atoms with Gasteiger partial charge in [-0.05, 0) is 19.2 Å². The average Bonchev–Trinajstić information content (AvgIpc) is 2.87. The predicted molar refractivity (Wildman–Crippen MR) is 70.8 cm³/mol. The first-order chi connectivity index (χ1) is 8.56. The molecule has 3 amide bonds. The highest BCUT2D eigenvalue weighted by atomic mass is 35.5. The number of carbonyl (C=O) groups excluding carboxylic acids is 2. The molecule has 0 aliphatic carbocycles. The van der Waals surface area contributed by atoms with Crippen LogP contribution in [-0.2, 0) is 11.3 Å². The van der Waals surface area contributed by atoms with Crippen LogP contribution >= 0.6 is 22.9 Å².